The molecule has 0 aliphatic heterocycles. The maximum atomic E-state index is 6.34. The lowest BCUT2D eigenvalue weighted by Gasteiger charge is -2.30. The van der Waals surface area contributed by atoms with Gasteiger partial charge in [-0.15, -0.1) is 0 Å². The van der Waals surface area contributed by atoms with Crippen LogP contribution in [0.15, 0.2) is 18.3 Å². The first-order valence-corrected chi connectivity index (χ1v) is 6.35. The molecule has 3 atom stereocenters. The average Bonchev–Trinajstić information content (AvgIpc) is 2.28. The Kier molecular flexibility index (Phi) is 3.59. The van der Waals surface area contributed by atoms with Crippen LogP contribution in [0.3, 0.4) is 0 Å². The van der Waals surface area contributed by atoms with Crippen LogP contribution in [-0.4, -0.2) is 4.98 Å². The summed E-state index contributed by atoms with van der Waals surface area (Å²) in [7, 11) is 0. The SMILES string of the molecule is Cc1ccnc(C(N)C2CCCC(C)C2)c1. The van der Waals surface area contributed by atoms with Crippen molar-refractivity contribution < 1.29 is 0 Å². The number of aromatic nitrogens is 1. The van der Waals surface area contributed by atoms with Gasteiger partial charge in [0.25, 0.3) is 0 Å². The van der Waals surface area contributed by atoms with Crippen LogP contribution in [0.5, 0.6) is 0 Å². The molecule has 1 aliphatic rings. The van der Waals surface area contributed by atoms with Gasteiger partial charge in [-0.1, -0.05) is 19.8 Å². The zero-order valence-electron chi connectivity index (χ0n) is 10.3. The molecule has 2 heteroatoms. The summed E-state index contributed by atoms with van der Waals surface area (Å²) in [6.07, 6.45) is 7.09. The number of hydrogen-bond acceptors (Lipinski definition) is 2. The van der Waals surface area contributed by atoms with E-state index in [1.807, 2.05) is 12.3 Å². The second-order valence-electron chi connectivity index (χ2n) is 5.32. The molecule has 1 aromatic heterocycles. The van der Waals surface area contributed by atoms with Crippen LogP contribution in [0.1, 0.15) is 49.9 Å². The van der Waals surface area contributed by atoms with E-state index in [0.717, 1.165) is 11.6 Å². The second-order valence-corrected chi connectivity index (χ2v) is 5.32. The summed E-state index contributed by atoms with van der Waals surface area (Å²) in [6, 6.07) is 4.28. The lowest BCUT2D eigenvalue weighted by atomic mass is 9.78. The van der Waals surface area contributed by atoms with Crippen LogP contribution in [0.25, 0.3) is 0 Å². The smallest absolute Gasteiger partial charge is 0.0576 e. The van der Waals surface area contributed by atoms with Gasteiger partial charge in [-0.2, -0.15) is 0 Å². The molecular formula is C14H22N2. The third-order valence-electron chi connectivity index (χ3n) is 3.76. The van der Waals surface area contributed by atoms with Gasteiger partial charge in [-0.3, -0.25) is 4.98 Å². The van der Waals surface area contributed by atoms with Crippen LogP contribution >= 0.6 is 0 Å². The van der Waals surface area contributed by atoms with Gasteiger partial charge in [0, 0.05) is 12.2 Å². The Morgan fingerprint density at radius 3 is 2.94 bits per heavy atom. The fourth-order valence-corrected chi connectivity index (χ4v) is 2.79. The van der Waals surface area contributed by atoms with E-state index in [4.69, 9.17) is 5.73 Å². The molecule has 0 spiro atoms. The van der Waals surface area contributed by atoms with Crippen molar-refractivity contribution in [3.8, 4) is 0 Å². The maximum absolute atomic E-state index is 6.34. The Balaban J connectivity index is 2.09. The van der Waals surface area contributed by atoms with Crippen LogP contribution in [0.2, 0.25) is 0 Å². The fourth-order valence-electron chi connectivity index (χ4n) is 2.79. The minimum absolute atomic E-state index is 0.127. The Morgan fingerprint density at radius 2 is 2.25 bits per heavy atom. The van der Waals surface area contributed by atoms with Gasteiger partial charge < -0.3 is 5.73 Å². The molecule has 2 nitrogen and oxygen atoms in total. The van der Waals surface area contributed by atoms with Crippen molar-refractivity contribution in [2.24, 2.45) is 17.6 Å². The van der Waals surface area contributed by atoms with E-state index < -0.39 is 0 Å². The number of hydrogen-bond donors (Lipinski definition) is 1. The number of nitrogens with two attached hydrogens (primary N) is 1. The third-order valence-corrected chi connectivity index (χ3v) is 3.76. The Bertz CT molecular complexity index is 348. The van der Waals surface area contributed by atoms with Crippen molar-refractivity contribution in [2.75, 3.05) is 0 Å². The standard InChI is InChI=1S/C14H22N2/c1-10-4-3-5-12(8-10)14(15)13-9-11(2)6-7-16-13/h6-7,9-10,12,14H,3-5,8,15H2,1-2H3. The molecule has 1 aliphatic carbocycles. The lowest BCUT2D eigenvalue weighted by Crippen LogP contribution is -2.26. The summed E-state index contributed by atoms with van der Waals surface area (Å²) >= 11 is 0. The van der Waals surface area contributed by atoms with Crippen molar-refractivity contribution in [3.63, 3.8) is 0 Å². The molecule has 88 valence electrons. The first kappa shape index (κ1) is 11.6. The molecule has 0 amide bonds. The van der Waals surface area contributed by atoms with Crippen molar-refractivity contribution in [3.05, 3.63) is 29.6 Å². The summed E-state index contributed by atoms with van der Waals surface area (Å²) in [4.78, 5) is 4.41. The zero-order valence-corrected chi connectivity index (χ0v) is 10.3. The van der Waals surface area contributed by atoms with Crippen molar-refractivity contribution in [2.45, 2.75) is 45.6 Å². The van der Waals surface area contributed by atoms with Gasteiger partial charge >= 0.3 is 0 Å². The van der Waals surface area contributed by atoms with Crippen LogP contribution in [0, 0.1) is 18.8 Å². The van der Waals surface area contributed by atoms with E-state index in [9.17, 15) is 0 Å². The van der Waals surface area contributed by atoms with E-state index >= 15 is 0 Å². The van der Waals surface area contributed by atoms with Gasteiger partial charge in [0.05, 0.1) is 5.69 Å². The van der Waals surface area contributed by atoms with Gasteiger partial charge in [-0.05, 0) is 49.3 Å². The molecule has 0 saturated heterocycles. The topological polar surface area (TPSA) is 38.9 Å². The molecule has 1 heterocycles. The van der Waals surface area contributed by atoms with E-state index in [1.54, 1.807) is 0 Å². The summed E-state index contributed by atoms with van der Waals surface area (Å²) in [5.41, 5.74) is 8.66. The summed E-state index contributed by atoms with van der Waals surface area (Å²) in [6.45, 7) is 4.43. The monoisotopic (exact) mass is 218 g/mol. The van der Waals surface area contributed by atoms with Crippen LogP contribution in [-0.2, 0) is 0 Å². The van der Waals surface area contributed by atoms with Crippen LogP contribution < -0.4 is 5.73 Å². The highest BCUT2D eigenvalue weighted by atomic mass is 14.8. The highest BCUT2D eigenvalue weighted by Crippen LogP contribution is 2.35. The summed E-state index contributed by atoms with van der Waals surface area (Å²) in [5, 5.41) is 0. The average molecular weight is 218 g/mol. The first-order chi connectivity index (χ1) is 7.66. The summed E-state index contributed by atoms with van der Waals surface area (Å²) in [5.74, 6) is 1.45. The number of rotatable bonds is 2. The Morgan fingerprint density at radius 1 is 1.44 bits per heavy atom. The Labute approximate surface area is 98.3 Å². The molecule has 0 aromatic carbocycles. The summed E-state index contributed by atoms with van der Waals surface area (Å²) < 4.78 is 0. The number of aryl methyl sites for hydroxylation is 1. The maximum Gasteiger partial charge on any atom is 0.0576 e. The molecule has 1 aromatic rings. The van der Waals surface area contributed by atoms with Crippen LogP contribution in [0.4, 0.5) is 0 Å². The normalized spacial score (nSPS) is 27.7. The first-order valence-electron chi connectivity index (χ1n) is 6.35. The van der Waals surface area contributed by atoms with Gasteiger partial charge in [-0.25, -0.2) is 0 Å². The van der Waals surface area contributed by atoms with Crippen molar-refractivity contribution in [1.29, 1.82) is 0 Å². The molecule has 1 saturated carbocycles. The predicted octanol–water partition coefficient (Wildman–Crippen LogP) is 3.22. The molecule has 2 rings (SSSR count). The number of nitrogens with zero attached hydrogens (tertiary/aromatic N) is 1. The highest BCUT2D eigenvalue weighted by molar-refractivity contribution is 5.17. The molecular weight excluding hydrogens is 196 g/mol. The predicted molar refractivity (Wildman–Crippen MR) is 67.0 cm³/mol. The molecule has 2 N–H and O–H groups in total. The van der Waals surface area contributed by atoms with Gasteiger partial charge in [0.1, 0.15) is 0 Å². The van der Waals surface area contributed by atoms with Crippen molar-refractivity contribution >= 4 is 0 Å². The highest BCUT2D eigenvalue weighted by Gasteiger charge is 2.25. The lowest BCUT2D eigenvalue weighted by molar-refractivity contribution is 0.245. The molecule has 16 heavy (non-hydrogen) atoms. The zero-order chi connectivity index (χ0) is 11.5. The van der Waals surface area contributed by atoms with Crippen molar-refractivity contribution in [1.82, 2.24) is 4.98 Å². The largest absolute Gasteiger partial charge is 0.322 e. The minimum Gasteiger partial charge on any atom is -0.322 e. The van der Waals surface area contributed by atoms with E-state index in [0.29, 0.717) is 5.92 Å². The van der Waals surface area contributed by atoms with Gasteiger partial charge in [0.15, 0.2) is 0 Å². The fraction of sp³-hybridized carbons (Fsp3) is 0.643. The third kappa shape index (κ3) is 2.62. The van der Waals surface area contributed by atoms with E-state index in [-0.39, 0.29) is 6.04 Å². The Hall–Kier alpha value is -0.890. The molecule has 0 bridgehead atoms. The quantitative estimate of drug-likeness (QED) is 0.827. The molecule has 0 radical (unpaired) electrons. The molecule has 1 fully saturated rings. The van der Waals surface area contributed by atoms with Gasteiger partial charge in [0.2, 0.25) is 0 Å². The van der Waals surface area contributed by atoms with E-state index in [2.05, 4.69) is 24.9 Å². The minimum atomic E-state index is 0.127. The second kappa shape index (κ2) is 4.96. The van der Waals surface area contributed by atoms with E-state index in [1.165, 1.54) is 31.2 Å². The molecule has 3 unspecified atom stereocenters. The number of pyridine rings is 1.